The Morgan fingerprint density at radius 2 is 1.73 bits per heavy atom. The van der Waals surface area contributed by atoms with Crippen molar-refractivity contribution in [2.75, 3.05) is 55.7 Å². The summed E-state index contributed by atoms with van der Waals surface area (Å²) in [6.07, 6.45) is 2.62. The average Bonchev–Trinajstić information content (AvgIpc) is 3.43. The number of halogens is 2. The second-order valence-corrected chi connectivity index (χ2v) is 14.8. The van der Waals surface area contributed by atoms with E-state index >= 15 is 0 Å². The first-order valence-corrected chi connectivity index (χ1v) is 18.2. The van der Waals surface area contributed by atoms with E-state index < -0.39 is 20.9 Å². The van der Waals surface area contributed by atoms with Crippen molar-refractivity contribution in [3.8, 4) is 11.3 Å². The summed E-state index contributed by atoms with van der Waals surface area (Å²) in [5.74, 6) is -0.479. The molecule has 0 saturated carbocycles. The number of nitro groups is 1. The Morgan fingerprint density at radius 1 is 0.979 bits per heavy atom. The molecule has 6 rings (SSSR count). The van der Waals surface area contributed by atoms with Crippen molar-refractivity contribution in [3.05, 3.63) is 104 Å². The van der Waals surface area contributed by atoms with Crippen LogP contribution in [0.25, 0.3) is 11.3 Å². The topological polar surface area (TPSA) is 134 Å². The fourth-order valence-electron chi connectivity index (χ4n) is 6.21. The number of sulfonamides is 1. The summed E-state index contributed by atoms with van der Waals surface area (Å²) in [4.78, 5) is 28.3. The third-order valence-corrected chi connectivity index (χ3v) is 10.6. The number of nitrogens with one attached hydrogen (secondary N) is 1. The molecule has 3 aromatic carbocycles. The first-order chi connectivity index (χ1) is 23.0. The van der Waals surface area contributed by atoms with E-state index in [1.54, 1.807) is 18.2 Å². The van der Waals surface area contributed by atoms with Gasteiger partial charge in [-0.15, -0.1) is 0 Å². The van der Waals surface area contributed by atoms with Gasteiger partial charge < -0.3 is 10.2 Å². The molecule has 15 heteroatoms. The number of hydrogen-bond acceptors (Lipinski definition) is 8. The van der Waals surface area contributed by atoms with Gasteiger partial charge >= 0.3 is 0 Å². The van der Waals surface area contributed by atoms with Crippen molar-refractivity contribution in [2.24, 2.45) is 0 Å². The van der Waals surface area contributed by atoms with E-state index in [1.165, 1.54) is 34.8 Å². The summed E-state index contributed by atoms with van der Waals surface area (Å²) >= 11 is 12.7. The lowest BCUT2D eigenvalue weighted by Gasteiger charge is -2.36. The summed E-state index contributed by atoms with van der Waals surface area (Å²) in [6, 6.07) is 18.4. The molecule has 3 heterocycles. The minimum Gasteiger partial charge on any atom is -0.369 e. The number of fused-ring (bicyclic) bond motifs is 1. The first-order valence-electron chi connectivity index (χ1n) is 15.6. The maximum Gasteiger partial charge on any atom is 0.269 e. The Bertz CT molecular complexity index is 1940. The van der Waals surface area contributed by atoms with Gasteiger partial charge in [-0.1, -0.05) is 35.3 Å². The SMILES string of the molecule is CS(=O)(=O)N1CCc2c(c(-c3ccc(Cl)c(NC(=O)c4ccc([N+](=O)[O-])cc4)c3)nn2CCCN2CCN(c3cccc(Cl)c3)CC2)C1. The van der Waals surface area contributed by atoms with Gasteiger partial charge in [0.15, 0.2) is 0 Å². The molecule has 1 amide bonds. The van der Waals surface area contributed by atoms with Crippen molar-refractivity contribution in [1.29, 1.82) is 0 Å². The summed E-state index contributed by atoms with van der Waals surface area (Å²) in [6.45, 7) is 5.87. The van der Waals surface area contributed by atoms with Crippen molar-refractivity contribution in [3.63, 3.8) is 0 Å². The highest BCUT2D eigenvalue weighted by atomic mass is 35.5. The molecule has 2 aliphatic rings. The molecule has 12 nitrogen and oxygen atoms in total. The number of non-ortho nitro benzene ring substituents is 1. The molecule has 1 fully saturated rings. The molecule has 252 valence electrons. The third-order valence-electron chi connectivity index (χ3n) is 8.79. The van der Waals surface area contributed by atoms with Gasteiger partial charge in [0, 0.05) is 104 Å². The van der Waals surface area contributed by atoms with Crippen LogP contribution < -0.4 is 10.2 Å². The zero-order valence-corrected chi connectivity index (χ0v) is 28.6. The molecule has 4 aromatic rings. The number of nitrogens with zero attached hydrogens (tertiary/aromatic N) is 6. The molecule has 0 bridgehead atoms. The van der Waals surface area contributed by atoms with Gasteiger partial charge in [-0.2, -0.15) is 9.40 Å². The minimum atomic E-state index is -3.43. The predicted octanol–water partition coefficient (Wildman–Crippen LogP) is 5.55. The normalized spacial score (nSPS) is 15.7. The van der Waals surface area contributed by atoms with Crippen LogP contribution in [0, 0.1) is 10.1 Å². The molecule has 1 saturated heterocycles. The zero-order valence-electron chi connectivity index (χ0n) is 26.3. The Labute approximate surface area is 289 Å². The van der Waals surface area contributed by atoms with Crippen molar-refractivity contribution >= 4 is 56.2 Å². The van der Waals surface area contributed by atoms with E-state index in [2.05, 4.69) is 21.2 Å². The quantitative estimate of drug-likeness (QED) is 0.167. The van der Waals surface area contributed by atoms with Crippen LogP contribution in [0.3, 0.4) is 0 Å². The number of aryl methyl sites for hydroxylation is 1. The summed E-state index contributed by atoms with van der Waals surface area (Å²) in [5, 5.41) is 19.8. The lowest BCUT2D eigenvalue weighted by Crippen LogP contribution is -2.46. The Morgan fingerprint density at radius 3 is 2.42 bits per heavy atom. The van der Waals surface area contributed by atoms with Crippen LogP contribution in [-0.2, 0) is 29.5 Å². The number of aromatic nitrogens is 2. The number of anilines is 2. The average molecular weight is 713 g/mol. The molecule has 0 aliphatic carbocycles. The summed E-state index contributed by atoms with van der Waals surface area (Å²) < 4.78 is 28.5. The van der Waals surface area contributed by atoms with Gasteiger partial charge in [-0.25, -0.2) is 8.42 Å². The number of carbonyl (C=O) groups is 1. The number of benzene rings is 3. The lowest BCUT2D eigenvalue weighted by molar-refractivity contribution is -0.384. The van der Waals surface area contributed by atoms with Crippen LogP contribution in [0.1, 0.15) is 28.0 Å². The maximum absolute atomic E-state index is 13.0. The van der Waals surface area contributed by atoms with Gasteiger partial charge in [-0.05, 0) is 48.9 Å². The minimum absolute atomic E-state index is 0.119. The molecule has 1 aromatic heterocycles. The number of rotatable bonds is 10. The Kier molecular flexibility index (Phi) is 10.0. The van der Waals surface area contributed by atoms with Crippen molar-refractivity contribution in [1.82, 2.24) is 19.0 Å². The maximum atomic E-state index is 13.0. The second kappa shape index (κ2) is 14.2. The van der Waals surface area contributed by atoms with Gasteiger partial charge in [0.2, 0.25) is 10.0 Å². The van der Waals surface area contributed by atoms with Crippen LogP contribution >= 0.6 is 23.2 Å². The zero-order chi connectivity index (χ0) is 34.0. The highest BCUT2D eigenvalue weighted by molar-refractivity contribution is 7.88. The highest BCUT2D eigenvalue weighted by Crippen LogP contribution is 2.35. The Hall–Kier alpha value is -4.01. The molecule has 0 atom stereocenters. The van der Waals surface area contributed by atoms with Crippen LogP contribution in [0.5, 0.6) is 0 Å². The molecule has 0 spiro atoms. The predicted molar refractivity (Wildman–Crippen MR) is 187 cm³/mol. The number of hydrogen-bond donors (Lipinski definition) is 1. The smallest absolute Gasteiger partial charge is 0.269 e. The Balaban J connectivity index is 1.18. The highest BCUT2D eigenvalue weighted by Gasteiger charge is 2.30. The molecule has 0 unspecified atom stereocenters. The number of nitro benzene ring substituents is 1. The van der Waals surface area contributed by atoms with E-state index in [9.17, 15) is 23.3 Å². The van der Waals surface area contributed by atoms with Gasteiger partial charge in [-0.3, -0.25) is 24.5 Å². The molecule has 0 radical (unpaired) electrons. The van der Waals surface area contributed by atoms with Gasteiger partial charge in [0.25, 0.3) is 11.6 Å². The monoisotopic (exact) mass is 711 g/mol. The molecule has 2 aliphatic heterocycles. The summed E-state index contributed by atoms with van der Waals surface area (Å²) in [5.41, 5.74) is 4.74. The van der Waals surface area contributed by atoms with Crippen molar-refractivity contribution < 1.29 is 18.1 Å². The molecule has 1 N–H and O–H groups in total. The third kappa shape index (κ3) is 7.66. The lowest BCUT2D eigenvalue weighted by atomic mass is 10.0. The van der Waals surface area contributed by atoms with Gasteiger partial charge in [0.05, 0.1) is 27.6 Å². The van der Waals surface area contributed by atoms with E-state index in [-0.39, 0.29) is 17.8 Å². The fraction of sp³-hybridized carbons (Fsp3) is 0.333. The van der Waals surface area contributed by atoms with Gasteiger partial charge in [0.1, 0.15) is 0 Å². The van der Waals surface area contributed by atoms with Crippen LogP contribution in [0.2, 0.25) is 10.0 Å². The van der Waals surface area contributed by atoms with Crippen LogP contribution in [-0.4, -0.2) is 83.8 Å². The summed E-state index contributed by atoms with van der Waals surface area (Å²) in [7, 11) is -3.43. The van der Waals surface area contributed by atoms with E-state index in [1.807, 2.05) is 22.9 Å². The standard InChI is InChI=1S/C33H35Cl2N7O5S/c1-48(46,47)40-15-12-31-28(22-40)32(24-8-11-29(35)30(20-24)36-33(43)23-6-9-26(10-7-23)42(44)45)37-41(31)14-3-13-38-16-18-39(19-17-38)27-5-2-4-25(34)21-27/h2,4-11,20-21H,3,12-19,22H2,1H3,(H,36,43). The largest absolute Gasteiger partial charge is 0.369 e. The number of carbonyl (C=O) groups excluding carboxylic acids is 1. The van der Waals surface area contributed by atoms with Crippen LogP contribution in [0.15, 0.2) is 66.7 Å². The molecular formula is C33H35Cl2N7O5S. The number of piperazine rings is 1. The van der Waals surface area contributed by atoms with Crippen molar-refractivity contribution in [2.45, 2.75) is 25.9 Å². The van der Waals surface area contributed by atoms with E-state index in [4.69, 9.17) is 28.3 Å². The van der Waals surface area contributed by atoms with E-state index in [0.29, 0.717) is 41.5 Å². The molecule has 48 heavy (non-hydrogen) atoms. The molecular weight excluding hydrogens is 677 g/mol. The second-order valence-electron chi connectivity index (χ2n) is 12.0. The number of amides is 1. The van der Waals surface area contributed by atoms with E-state index in [0.717, 1.165) is 61.1 Å². The van der Waals surface area contributed by atoms with Crippen LogP contribution in [0.4, 0.5) is 17.1 Å². The first kappa shape index (κ1) is 33.9. The fourth-order valence-corrected chi connectivity index (χ4v) is 7.35.